The minimum Gasteiger partial charge on any atom is -0.495 e. The van der Waals surface area contributed by atoms with Gasteiger partial charge in [0.1, 0.15) is 16.5 Å². The molecule has 1 amide bonds. The molecule has 210 valence electrons. The summed E-state index contributed by atoms with van der Waals surface area (Å²) in [5, 5.41) is 10.6. The zero-order valence-corrected chi connectivity index (χ0v) is 21.7. The summed E-state index contributed by atoms with van der Waals surface area (Å²) in [6, 6.07) is 9.93. The number of nitrogens with zero attached hydrogens (tertiary/aromatic N) is 2. The molecule has 0 bridgehead atoms. The largest absolute Gasteiger partial charge is 0.495 e. The number of carbonyl (C=O) groups excluding carboxylic acids is 1. The Labute approximate surface area is 222 Å². The summed E-state index contributed by atoms with van der Waals surface area (Å²) in [7, 11) is -2.68. The van der Waals surface area contributed by atoms with Crippen molar-refractivity contribution in [3.05, 3.63) is 58.9 Å². The van der Waals surface area contributed by atoms with Crippen molar-refractivity contribution < 1.29 is 45.4 Å². The standard InChI is InChI=1S/C21H25ClFN3O4S.C2HF3O2/c1-30-19-7-4-17(22)14-20(19)31(28,29)26(15-16-2-5-18(23)6-3-16)11-8-21(27)25-12-9-24-10-13-25;3-2(4,5)1(6)7/h2-7,14,24H,8-13,15H2,1H3;(H,6,7). The molecular weight excluding hydrogens is 558 g/mol. The number of rotatable bonds is 8. The first kappa shape index (κ1) is 31.3. The molecule has 1 aliphatic heterocycles. The van der Waals surface area contributed by atoms with Crippen LogP contribution in [0.3, 0.4) is 0 Å². The van der Waals surface area contributed by atoms with E-state index in [1.165, 1.54) is 53.9 Å². The van der Waals surface area contributed by atoms with E-state index in [-0.39, 0.29) is 41.1 Å². The number of piperazine rings is 1. The van der Waals surface area contributed by atoms with Crippen LogP contribution in [0, 0.1) is 5.82 Å². The second kappa shape index (κ2) is 13.7. The summed E-state index contributed by atoms with van der Waals surface area (Å²) in [4.78, 5) is 23.2. The smallest absolute Gasteiger partial charge is 0.490 e. The first-order valence-electron chi connectivity index (χ1n) is 11.1. The number of aliphatic carboxylic acids is 1. The van der Waals surface area contributed by atoms with Gasteiger partial charge in [-0.15, -0.1) is 0 Å². The summed E-state index contributed by atoms with van der Waals surface area (Å²) >= 11 is 6.04. The van der Waals surface area contributed by atoms with Crippen molar-refractivity contribution in [3.63, 3.8) is 0 Å². The number of alkyl halides is 3. The summed E-state index contributed by atoms with van der Waals surface area (Å²) in [5.41, 5.74) is 0.598. The van der Waals surface area contributed by atoms with Crippen molar-refractivity contribution in [2.45, 2.75) is 24.0 Å². The number of carbonyl (C=O) groups is 2. The summed E-state index contributed by atoms with van der Waals surface area (Å²) in [6.07, 6.45) is -5.05. The molecule has 1 fully saturated rings. The number of hydrogen-bond donors (Lipinski definition) is 2. The number of carboxylic acids is 1. The lowest BCUT2D eigenvalue weighted by molar-refractivity contribution is -0.192. The third-order valence-corrected chi connectivity index (χ3v) is 7.40. The zero-order valence-electron chi connectivity index (χ0n) is 20.2. The van der Waals surface area contributed by atoms with Gasteiger partial charge in [-0.2, -0.15) is 17.5 Å². The Balaban J connectivity index is 0.000000638. The van der Waals surface area contributed by atoms with Crippen molar-refractivity contribution in [2.75, 3.05) is 39.8 Å². The average Bonchev–Trinajstić information content (AvgIpc) is 2.87. The van der Waals surface area contributed by atoms with Crippen LogP contribution >= 0.6 is 11.6 Å². The molecule has 0 atom stereocenters. The quantitative estimate of drug-likeness (QED) is 0.459. The van der Waals surface area contributed by atoms with Crippen molar-refractivity contribution >= 4 is 33.5 Å². The Kier molecular flexibility index (Phi) is 11.3. The molecule has 9 nitrogen and oxygen atoms in total. The third-order valence-electron chi connectivity index (χ3n) is 5.30. The minimum atomic E-state index is -5.08. The molecule has 2 aromatic carbocycles. The molecule has 0 saturated carbocycles. The lowest BCUT2D eigenvalue weighted by atomic mass is 10.2. The fourth-order valence-corrected chi connectivity index (χ4v) is 5.21. The van der Waals surface area contributed by atoms with Crippen molar-refractivity contribution in [1.29, 1.82) is 0 Å². The van der Waals surface area contributed by atoms with E-state index in [0.29, 0.717) is 31.7 Å². The Morgan fingerprint density at radius 2 is 1.71 bits per heavy atom. The SMILES string of the molecule is COc1ccc(Cl)cc1S(=O)(=O)N(CCC(=O)N1CCNCC1)Cc1ccc(F)cc1.O=C(O)C(F)(F)F. The number of hydrogen-bond acceptors (Lipinski definition) is 6. The zero-order chi connectivity index (χ0) is 28.5. The fraction of sp³-hybridized carbons (Fsp3) is 0.391. The normalized spacial score (nSPS) is 14.0. The average molecular weight is 584 g/mol. The number of nitrogens with one attached hydrogen (secondary N) is 1. The highest BCUT2D eigenvalue weighted by Crippen LogP contribution is 2.30. The molecule has 0 aromatic heterocycles. The van der Waals surface area contributed by atoms with E-state index < -0.39 is 28.0 Å². The van der Waals surface area contributed by atoms with Gasteiger partial charge in [0.05, 0.1) is 7.11 Å². The highest BCUT2D eigenvalue weighted by Gasteiger charge is 2.38. The molecule has 38 heavy (non-hydrogen) atoms. The monoisotopic (exact) mass is 583 g/mol. The predicted octanol–water partition coefficient (Wildman–Crippen LogP) is 3.13. The van der Waals surface area contributed by atoms with E-state index >= 15 is 0 Å². The number of amides is 1. The Hall–Kier alpha value is -2.94. The number of sulfonamides is 1. The van der Waals surface area contributed by atoms with Crippen molar-refractivity contribution in [3.8, 4) is 5.75 Å². The molecule has 1 heterocycles. The van der Waals surface area contributed by atoms with Gasteiger partial charge in [-0.3, -0.25) is 4.79 Å². The molecule has 3 rings (SSSR count). The maximum Gasteiger partial charge on any atom is 0.490 e. The lowest BCUT2D eigenvalue weighted by Crippen LogP contribution is -2.47. The number of benzene rings is 2. The molecular formula is C23H26ClF4N3O6S. The topological polar surface area (TPSA) is 116 Å². The van der Waals surface area contributed by atoms with Crippen LogP contribution < -0.4 is 10.1 Å². The van der Waals surface area contributed by atoms with Crippen LogP contribution in [0.2, 0.25) is 5.02 Å². The summed E-state index contributed by atoms with van der Waals surface area (Å²) in [5.74, 6) is -3.13. The van der Waals surface area contributed by atoms with Crippen LogP contribution in [0.15, 0.2) is 47.4 Å². The molecule has 2 aromatic rings. The van der Waals surface area contributed by atoms with Crippen LogP contribution in [-0.4, -0.2) is 80.6 Å². The van der Waals surface area contributed by atoms with E-state index in [9.17, 15) is 30.8 Å². The lowest BCUT2D eigenvalue weighted by Gasteiger charge is -2.29. The Morgan fingerprint density at radius 1 is 1.13 bits per heavy atom. The number of ether oxygens (including phenoxy) is 1. The molecule has 2 N–H and O–H groups in total. The van der Waals surface area contributed by atoms with E-state index in [2.05, 4.69) is 5.32 Å². The molecule has 1 aliphatic rings. The van der Waals surface area contributed by atoms with Gasteiger partial charge in [0.25, 0.3) is 0 Å². The molecule has 0 radical (unpaired) electrons. The van der Waals surface area contributed by atoms with Crippen LogP contribution in [0.5, 0.6) is 5.75 Å². The van der Waals surface area contributed by atoms with E-state index in [1.807, 2.05) is 0 Å². The minimum absolute atomic E-state index is 0.0207. The maximum atomic E-state index is 13.5. The van der Waals surface area contributed by atoms with Crippen LogP contribution in [0.25, 0.3) is 0 Å². The Bertz CT molecular complexity index is 1210. The summed E-state index contributed by atoms with van der Waals surface area (Å²) < 4.78 is 78.5. The second-order valence-corrected chi connectivity index (χ2v) is 10.3. The van der Waals surface area contributed by atoms with Gasteiger partial charge in [-0.05, 0) is 35.9 Å². The first-order chi connectivity index (χ1) is 17.8. The van der Waals surface area contributed by atoms with Gasteiger partial charge >= 0.3 is 12.1 Å². The predicted molar refractivity (Wildman–Crippen MR) is 130 cm³/mol. The molecule has 0 unspecified atom stereocenters. The molecule has 0 aliphatic carbocycles. The van der Waals surface area contributed by atoms with Crippen molar-refractivity contribution in [1.82, 2.24) is 14.5 Å². The van der Waals surface area contributed by atoms with Crippen LogP contribution in [0.4, 0.5) is 17.6 Å². The first-order valence-corrected chi connectivity index (χ1v) is 12.9. The summed E-state index contributed by atoms with van der Waals surface area (Å²) in [6.45, 7) is 2.55. The third kappa shape index (κ3) is 9.11. The van der Waals surface area contributed by atoms with Crippen LogP contribution in [0.1, 0.15) is 12.0 Å². The highest BCUT2D eigenvalue weighted by atomic mass is 35.5. The molecule has 1 saturated heterocycles. The van der Waals surface area contributed by atoms with Gasteiger partial charge in [0, 0.05) is 50.7 Å². The van der Waals surface area contributed by atoms with Gasteiger partial charge in [0.15, 0.2) is 0 Å². The molecule has 0 spiro atoms. The van der Waals surface area contributed by atoms with Crippen molar-refractivity contribution in [2.24, 2.45) is 0 Å². The number of methoxy groups -OCH3 is 1. The van der Waals surface area contributed by atoms with Gasteiger partial charge < -0.3 is 20.1 Å². The number of halogens is 5. The fourth-order valence-electron chi connectivity index (χ4n) is 3.36. The Morgan fingerprint density at radius 3 is 2.24 bits per heavy atom. The second-order valence-electron chi connectivity index (χ2n) is 7.94. The maximum absolute atomic E-state index is 13.5. The number of carboxylic acid groups (broad SMARTS) is 1. The molecule has 15 heteroatoms. The highest BCUT2D eigenvalue weighted by molar-refractivity contribution is 7.89. The van der Waals surface area contributed by atoms with E-state index in [1.54, 1.807) is 4.90 Å². The van der Waals surface area contributed by atoms with E-state index in [4.69, 9.17) is 26.2 Å². The van der Waals surface area contributed by atoms with Gasteiger partial charge in [-0.1, -0.05) is 23.7 Å². The van der Waals surface area contributed by atoms with E-state index in [0.717, 1.165) is 0 Å². The van der Waals surface area contributed by atoms with Gasteiger partial charge in [0.2, 0.25) is 15.9 Å². The van der Waals surface area contributed by atoms with Gasteiger partial charge in [-0.25, -0.2) is 17.6 Å². The van der Waals surface area contributed by atoms with Crippen LogP contribution in [-0.2, 0) is 26.2 Å².